The van der Waals surface area contributed by atoms with Gasteiger partial charge in [-0.2, -0.15) is 5.10 Å². The number of benzene rings is 1. The van der Waals surface area contributed by atoms with Crippen LogP contribution >= 0.6 is 0 Å². The summed E-state index contributed by atoms with van der Waals surface area (Å²) in [4.78, 5) is 18.6. The minimum absolute atomic E-state index is 0.126. The molecule has 22 heavy (non-hydrogen) atoms. The molecule has 1 atom stereocenters. The van der Waals surface area contributed by atoms with Gasteiger partial charge >= 0.3 is 0 Å². The van der Waals surface area contributed by atoms with Crippen molar-refractivity contribution in [1.29, 1.82) is 0 Å². The van der Waals surface area contributed by atoms with Crippen LogP contribution in [0.2, 0.25) is 0 Å². The van der Waals surface area contributed by atoms with Gasteiger partial charge in [-0.05, 0) is 44.9 Å². The van der Waals surface area contributed by atoms with E-state index in [2.05, 4.69) is 10.1 Å². The van der Waals surface area contributed by atoms with Gasteiger partial charge in [0.25, 0.3) is 5.91 Å². The molecule has 0 aliphatic carbocycles. The van der Waals surface area contributed by atoms with Crippen molar-refractivity contribution in [2.24, 2.45) is 0 Å². The Labute approximate surface area is 128 Å². The van der Waals surface area contributed by atoms with Gasteiger partial charge in [-0.15, -0.1) is 0 Å². The Morgan fingerprint density at radius 2 is 2.18 bits per heavy atom. The Morgan fingerprint density at radius 3 is 2.86 bits per heavy atom. The molecule has 6 heteroatoms. The lowest BCUT2D eigenvalue weighted by atomic mass is 10.0. The van der Waals surface area contributed by atoms with E-state index in [4.69, 9.17) is 0 Å². The third-order valence-corrected chi connectivity index (χ3v) is 4.01. The number of hydrogen-bond donors (Lipinski definition) is 0. The summed E-state index contributed by atoms with van der Waals surface area (Å²) in [7, 11) is 0. The second-order valence-electron chi connectivity index (χ2n) is 5.71. The van der Waals surface area contributed by atoms with Gasteiger partial charge in [0, 0.05) is 18.7 Å². The van der Waals surface area contributed by atoms with E-state index in [1.165, 1.54) is 12.1 Å². The number of aromatic nitrogens is 3. The van der Waals surface area contributed by atoms with Crippen LogP contribution in [-0.4, -0.2) is 38.7 Å². The molecule has 1 aromatic heterocycles. The molecule has 0 bridgehead atoms. The third-order valence-electron chi connectivity index (χ3n) is 4.01. The highest BCUT2D eigenvalue weighted by Crippen LogP contribution is 2.23. The molecule has 116 valence electrons. The number of nitrogens with zero attached hydrogens (tertiary/aromatic N) is 4. The number of carbonyl (C=O) groups excluding carboxylic acids is 1. The van der Waals surface area contributed by atoms with Crippen molar-refractivity contribution in [1.82, 2.24) is 19.7 Å². The van der Waals surface area contributed by atoms with E-state index in [-0.39, 0.29) is 17.8 Å². The lowest BCUT2D eigenvalue weighted by Crippen LogP contribution is -2.41. The summed E-state index contributed by atoms with van der Waals surface area (Å²) < 4.78 is 15.2. The van der Waals surface area contributed by atoms with E-state index in [9.17, 15) is 9.18 Å². The number of likely N-dealkylation sites (tertiary alicyclic amines) is 1. The van der Waals surface area contributed by atoms with Crippen LogP contribution in [0.15, 0.2) is 24.3 Å². The molecule has 1 amide bonds. The third kappa shape index (κ3) is 2.86. The number of hydrogen-bond acceptors (Lipinski definition) is 3. The van der Waals surface area contributed by atoms with Gasteiger partial charge in [0.2, 0.25) is 0 Å². The fraction of sp³-hybridized carbons (Fsp3) is 0.438. The molecule has 0 N–H and O–H groups in total. The molecule has 1 unspecified atom stereocenters. The van der Waals surface area contributed by atoms with Gasteiger partial charge in [0.1, 0.15) is 17.5 Å². The summed E-state index contributed by atoms with van der Waals surface area (Å²) in [6.07, 6.45) is 1.88. The standard InChI is InChI=1S/C16H19FN4O/c1-11-18-12(2)21(19-11)15-7-4-8-20(10-15)16(22)13-5-3-6-14(17)9-13/h3,5-6,9,15H,4,7-8,10H2,1-2H3. The molecule has 5 nitrogen and oxygen atoms in total. The van der Waals surface area contributed by atoms with Gasteiger partial charge in [-0.1, -0.05) is 6.07 Å². The van der Waals surface area contributed by atoms with E-state index in [0.717, 1.165) is 24.5 Å². The van der Waals surface area contributed by atoms with Crippen molar-refractivity contribution in [3.05, 3.63) is 47.3 Å². The maximum Gasteiger partial charge on any atom is 0.254 e. The first-order valence-corrected chi connectivity index (χ1v) is 7.49. The Bertz CT molecular complexity index is 697. The maximum atomic E-state index is 13.3. The van der Waals surface area contributed by atoms with E-state index in [1.54, 1.807) is 17.0 Å². The second-order valence-corrected chi connectivity index (χ2v) is 5.71. The number of amides is 1. The Hall–Kier alpha value is -2.24. The lowest BCUT2D eigenvalue weighted by Gasteiger charge is -2.33. The zero-order valence-corrected chi connectivity index (χ0v) is 12.8. The lowest BCUT2D eigenvalue weighted by molar-refractivity contribution is 0.0670. The van der Waals surface area contributed by atoms with Crippen molar-refractivity contribution >= 4 is 5.91 Å². The van der Waals surface area contributed by atoms with Gasteiger partial charge in [-0.25, -0.2) is 14.1 Å². The smallest absolute Gasteiger partial charge is 0.254 e. The molecule has 0 radical (unpaired) electrons. The largest absolute Gasteiger partial charge is 0.336 e. The molecule has 3 rings (SSSR count). The average molecular weight is 302 g/mol. The second kappa shape index (κ2) is 5.87. The normalized spacial score (nSPS) is 18.5. The quantitative estimate of drug-likeness (QED) is 0.856. The number of carbonyl (C=O) groups is 1. The van der Waals surface area contributed by atoms with Crippen molar-refractivity contribution in [2.75, 3.05) is 13.1 Å². The first kappa shape index (κ1) is 14.7. The summed E-state index contributed by atoms with van der Waals surface area (Å²) >= 11 is 0. The average Bonchev–Trinajstić information content (AvgIpc) is 2.85. The highest BCUT2D eigenvalue weighted by molar-refractivity contribution is 5.94. The van der Waals surface area contributed by atoms with Crippen molar-refractivity contribution in [3.8, 4) is 0 Å². The summed E-state index contributed by atoms with van der Waals surface area (Å²) in [5.41, 5.74) is 0.396. The molecule has 0 saturated carbocycles. The topological polar surface area (TPSA) is 51.0 Å². The minimum atomic E-state index is -0.387. The summed E-state index contributed by atoms with van der Waals surface area (Å²) in [5.74, 6) is 1.09. The van der Waals surface area contributed by atoms with Crippen LogP contribution in [0.3, 0.4) is 0 Å². The predicted molar refractivity (Wildman–Crippen MR) is 80.1 cm³/mol. The molecule has 2 heterocycles. The SMILES string of the molecule is Cc1nc(C)n(C2CCCN(C(=O)c3cccc(F)c3)C2)n1. The Balaban J connectivity index is 1.78. The van der Waals surface area contributed by atoms with Crippen LogP contribution in [0.1, 0.15) is 40.9 Å². The number of aryl methyl sites for hydroxylation is 2. The first-order chi connectivity index (χ1) is 10.5. The molecular weight excluding hydrogens is 283 g/mol. The fourth-order valence-corrected chi connectivity index (χ4v) is 3.02. The maximum absolute atomic E-state index is 13.3. The van der Waals surface area contributed by atoms with Crippen LogP contribution in [0, 0.1) is 19.7 Å². The molecule has 1 aliphatic rings. The Morgan fingerprint density at radius 1 is 1.36 bits per heavy atom. The van der Waals surface area contributed by atoms with Gasteiger partial charge in [-0.3, -0.25) is 4.79 Å². The molecule has 1 saturated heterocycles. The minimum Gasteiger partial charge on any atom is -0.336 e. The van der Waals surface area contributed by atoms with Gasteiger partial charge in [0.15, 0.2) is 0 Å². The number of halogens is 1. The number of piperidine rings is 1. The van der Waals surface area contributed by atoms with Crippen LogP contribution in [0.5, 0.6) is 0 Å². The van der Waals surface area contributed by atoms with Crippen LogP contribution < -0.4 is 0 Å². The Kier molecular flexibility index (Phi) is 3.92. The molecule has 1 aromatic carbocycles. The zero-order valence-electron chi connectivity index (χ0n) is 12.8. The molecular formula is C16H19FN4O. The van der Waals surface area contributed by atoms with Crippen molar-refractivity contribution in [3.63, 3.8) is 0 Å². The molecule has 2 aromatic rings. The highest BCUT2D eigenvalue weighted by atomic mass is 19.1. The van der Waals surface area contributed by atoms with Crippen LogP contribution in [0.4, 0.5) is 4.39 Å². The van der Waals surface area contributed by atoms with E-state index in [0.29, 0.717) is 18.7 Å². The molecule has 1 fully saturated rings. The summed E-state index contributed by atoms with van der Waals surface area (Å²) in [6, 6.07) is 5.98. The summed E-state index contributed by atoms with van der Waals surface area (Å²) in [6.45, 7) is 5.06. The van der Waals surface area contributed by atoms with E-state index < -0.39 is 0 Å². The highest BCUT2D eigenvalue weighted by Gasteiger charge is 2.27. The molecule has 0 spiro atoms. The zero-order chi connectivity index (χ0) is 15.7. The van der Waals surface area contributed by atoms with Crippen molar-refractivity contribution < 1.29 is 9.18 Å². The fourth-order valence-electron chi connectivity index (χ4n) is 3.02. The van der Waals surface area contributed by atoms with Gasteiger partial charge in [0.05, 0.1) is 6.04 Å². The van der Waals surface area contributed by atoms with Crippen LogP contribution in [-0.2, 0) is 0 Å². The molecule has 1 aliphatic heterocycles. The van der Waals surface area contributed by atoms with E-state index in [1.807, 2.05) is 18.5 Å². The van der Waals surface area contributed by atoms with E-state index >= 15 is 0 Å². The summed E-state index contributed by atoms with van der Waals surface area (Å²) in [5, 5.41) is 4.42. The van der Waals surface area contributed by atoms with Gasteiger partial charge < -0.3 is 4.90 Å². The van der Waals surface area contributed by atoms with Crippen molar-refractivity contribution in [2.45, 2.75) is 32.7 Å². The monoisotopic (exact) mass is 302 g/mol. The first-order valence-electron chi connectivity index (χ1n) is 7.49. The predicted octanol–water partition coefficient (Wildman–Crippen LogP) is 2.51. The number of rotatable bonds is 2. The van der Waals surface area contributed by atoms with Crippen LogP contribution in [0.25, 0.3) is 0 Å².